The lowest BCUT2D eigenvalue weighted by Gasteiger charge is -1.97. The lowest BCUT2D eigenvalue weighted by molar-refractivity contribution is 0.112. The average Bonchev–Trinajstić information content (AvgIpc) is 2.53. The molecule has 12 heavy (non-hydrogen) atoms. The number of carbonyl (C=O) groups excluding carboxylic acids is 1. The van der Waals surface area contributed by atoms with Crippen molar-refractivity contribution in [1.29, 1.82) is 0 Å². The predicted octanol–water partition coefficient (Wildman–Crippen LogP) is 1.71. The van der Waals surface area contributed by atoms with Gasteiger partial charge in [-0.15, -0.1) is 12.3 Å². The molecule has 0 aliphatic rings. The highest BCUT2D eigenvalue weighted by molar-refractivity contribution is 5.74. The van der Waals surface area contributed by atoms with Crippen molar-refractivity contribution in [2.75, 3.05) is 0 Å². The van der Waals surface area contributed by atoms with Gasteiger partial charge in [0, 0.05) is 30.9 Å². The first kappa shape index (κ1) is 8.61. The van der Waals surface area contributed by atoms with Crippen LogP contribution >= 0.6 is 0 Å². The Morgan fingerprint density at radius 1 is 1.67 bits per heavy atom. The highest BCUT2D eigenvalue weighted by atomic mass is 16.1. The molecule has 0 aliphatic heterocycles. The average molecular weight is 161 g/mol. The first-order chi connectivity index (χ1) is 5.86. The van der Waals surface area contributed by atoms with Gasteiger partial charge < -0.3 is 4.57 Å². The van der Waals surface area contributed by atoms with Gasteiger partial charge in [-0.05, 0) is 12.5 Å². The van der Waals surface area contributed by atoms with Crippen LogP contribution in [0.4, 0.5) is 0 Å². The minimum Gasteiger partial charge on any atom is -0.353 e. The summed E-state index contributed by atoms with van der Waals surface area (Å²) in [4.78, 5) is 10.3. The Labute approximate surface area is 72.2 Å². The lowest BCUT2D eigenvalue weighted by atomic mass is 10.3. The molecule has 2 heteroatoms. The van der Waals surface area contributed by atoms with Crippen LogP contribution in [0.15, 0.2) is 18.5 Å². The van der Waals surface area contributed by atoms with Gasteiger partial charge in [0.15, 0.2) is 6.29 Å². The summed E-state index contributed by atoms with van der Waals surface area (Å²) in [5.41, 5.74) is 0.718. The molecule has 0 bridgehead atoms. The number of carbonyl (C=O) groups is 1. The summed E-state index contributed by atoms with van der Waals surface area (Å²) in [6, 6.07) is 1.79. The van der Waals surface area contributed by atoms with Crippen LogP contribution in [-0.4, -0.2) is 10.9 Å². The smallest absolute Gasteiger partial charge is 0.151 e. The quantitative estimate of drug-likeness (QED) is 0.374. The number of hydrogen-bond donors (Lipinski definition) is 0. The third-order valence-corrected chi connectivity index (χ3v) is 1.65. The summed E-state index contributed by atoms with van der Waals surface area (Å²) < 4.78 is 1.97. The predicted molar refractivity (Wildman–Crippen MR) is 47.9 cm³/mol. The van der Waals surface area contributed by atoms with Crippen LogP contribution in [0.3, 0.4) is 0 Å². The zero-order chi connectivity index (χ0) is 8.81. The van der Waals surface area contributed by atoms with Crippen molar-refractivity contribution in [3.8, 4) is 12.3 Å². The third-order valence-electron chi connectivity index (χ3n) is 1.65. The van der Waals surface area contributed by atoms with Gasteiger partial charge in [-0.25, -0.2) is 0 Å². The van der Waals surface area contributed by atoms with Crippen molar-refractivity contribution in [2.45, 2.75) is 19.4 Å². The fourth-order valence-corrected chi connectivity index (χ4v) is 1.03. The number of aromatic nitrogens is 1. The molecule has 1 rings (SSSR count). The Hall–Kier alpha value is -1.49. The maximum atomic E-state index is 10.3. The van der Waals surface area contributed by atoms with E-state index in [4.69, 9.17) is 6.42 Å². The number of unbranched alkanes of at least 4 members (excludes halogenated alkanes) is 1. The van der Waals surface area contributed by atoms with Crippen molar-refractivity contribution < 1.29 is 4.79 Å². The fraction of sp³-hybridized carbons (Fsp3) is 0.300. The topological polar surface area (TPSA) is 22.0 Å². The summed E-state index contributed by atoms with van der Waals surface area (Å²) in [5, 5.41) is 0. The molecule has 0 N–H and O–H groups in total. The summed E-state index contributed by atoms with van der Waals surface area (Å²) in [6.45, 7) is 0.887. The molecule has 0 saturated carbocycles. The van der Waals surface area contributed by atoms with Crippen LogP contribution in [0.25, 0.3) is 0 Å². The summed E-state index contributed by atoms with van der Waals surface area (Å²) in [6.07, 6.45) is 11.4. The SMILES string of the molecule is C#CCCCn1ccc(C=O)c1. The van der Waals surface area contributed by atoms with E-state index in [0.717, 1.165) is 31.2 Å². The van der Waals surface area contributed by atoms with Crippen molar-refractivity contribution in [1.82, 2.24) is 4.57 Å². The molecule has 62 valence electrons. The fourth-order valence-electron chi connectivity index (χ4n) is 1.03. The van der Waals surface area contributed by atoms with Crippen LogP contribution in [-0.2, 0) is 6.54 Å². The minimum absolute atomic E-state index is 0.718. The molecule has 0 radical (unpaired) electrons. The molecule has 1 heterocycles. The Balaban J connectivity index is 2.42. The number of aldehydes is 1. The van der Waals surface area contributed by atoms with Crippen molar-refractivity contribution in [3.05, 3.63) is 24.0 Å². The lowest BCUT2D eigenvalue weighted by Crippen LogP contribution is -1.93. The standard InChI is InChI=1S/C10H11NO/c1-2-3-4-6-11-7-5-10(8-11)9-12/h1,5,7-9H,3-4,6H2. The molecule has 0 spiro atoms. The van der Waals surface area contributed by atoms with Crippen LogP contribution in [0.5, 0.6) is 0 Å². The molecule has 0 aliphatic carbocycles. The first-order valence-electron chi connectivity index (χ1n) is 3.91. The van der Waals surface area contributed by atoms with Crippen molar-refractivity contribution in [2.24, 2.45) is 0 Å². The molecule has 0 unspecified atom stereocenters. The third kappa shape index (κ3) is 2.28. The number of rotatable bonds is 4. The second-order valence-corrected chi connectivity index (χ2v) is 2.61. The zero-order valence-corrected chi connectivity index (χ0v) is 6.86. The van der Waals surface area contributed by atoms with E-state index in [9.17, 15) is 4.79 Å². The monoisotopic (exact) mass is 161 g/mol. The summed E-state index contributed by atoms with van der Waals surface area (Å²) in [5.74, 6) is 2.58. The number of hydrogen-bond acceptors (Lipinski definition) is 1. The molecule has 1 aromatic heterocycles. The number of terminal acetylenes is 1. The van der Waals surface area contributed by atoms with E-state index in [2.05, 4.69) is 5.92 Å². The van der Waals surface area contributed by atoms with Gasteiger partial charge in [0.25, 0.3) is 0 Å². The Bertz CT molecular complexity index is 293. The molecule has 0 atom stereocenters. The van der Waals surface area contributed by atoms with E-state index in [1.54, 1.807) is 6.07 Å². The normalized spacial score (nSPS) is 9.25. The molecule has 1 aromatic rings. The van der Waals surface area contributed by atoms with Crippen LogP contribution in [0.2, 0.25) is 0 Å². The molecule has 0 saturated heterocycles. The van der Waals surface area contributed by atoms with Crippen LogP contribution < -0.4 is 0 Å². The number of aryl methyl sites for hydroxylation is 1. The molecule has 0 fully saturated rings. The van der Waals surface area contributed by atoms with Crippen LogP contribution in [0.1, 0.15) is 23.2 Å². The van der Waals surface area contributed by atoms with Gasteiger partial charge in [0.2, 0.25) is 0 Å². The second kappa shape index (κ2) is 4.40. The summed E-state index contributed by atoms with van der Waals surface area (Å²) in [7, 11) is 0. The van der Waals surface area contributed by atoms with Gasteiger partial charge in [0.1, 0.15) is 0 Å². The molecular formula is C10H11NO. The first-order valence-corrected chi connectivity index (χ1v) is 3.91. The number of nitrogens with zero attached hydrogens (tertiary/aromatic N) is 1. The van der Waals surface area contributed by atoms with E-state index < -0.39 is 0 Å². The van der Waals surface area contributed by atoms with E-state index in [-0.39, 0.29) is 0 Å². The van der Waals surface area contributed by atoms with Crippen LogP contribution in [0, 0.1) is 12.3 Å². The van der Waals surface area contributed by atoms with Crippen molar-refractivity contribution >= 4 is 6.29 Å². The zero-order valence-electron chi connectivity index (χ0n) is 6.86. The second-order valence-electron chi connectivity index (χ2n) is 2.61. The van der Waals surface area contributed by atoms with Gasteiger partial charge >= 0.3 is 0 Å². The maximum absolute atomic E-state index is 10.3. The summed E-state index contributed by atoms with van der Waals surface area (Å²) >= 11 is 0. The van der Waals surface area contributed by atoms with E-state index in [1.807, 2.05) is 17.0 Å². The van der Waals surface area contributed by atoms with E-state index >= 15 is 0 Å². The van der Waals surface area contributed by atoms with Gasteiger partial charge in [-0.3, -0.25) is 4.79 Å². The Kier molecular flexibility index (Phi) is 3.16. The molecule has 0 aromatic carbocycles. The highest BCUT2D eigenvalue weighted by Gasteiger charge is 1.93. The molecule has 0 amide bonds. The van der Waals surface area contributed by atoms with Crippen molar-refractivity contribution in [3.63, 3.8) is 0 Å². The molecular weight excluding hydrogens is 150 g/mol. The van der Waals surface area contributed by atoms with Gasteiger partial charge in [-0.1, -0.05) is 0 Å². The van der Waals surface area contributed by atoms with E-state index in [0.29, 0.717) is 0 Å². The largest absolute Gasteiger partial charge is 0.353 e. The minimum atomic E-state index is 0.718. The maximum Gasteiger partial charge on any atom is 0.151 e. The van der Waals surface area contributed by atoms with E-state index in [1.165, 1.54) is 0 Å². The Morgan fingerprint density at radius 3 is 3.08 bits per heavy atom. The Morgan fingerprint density at radius 2 is 2.50 bits per heavy atom. The molecule has 2 nitrogen and oxygen atoms in total. The van der Waals surface area contributed by atoms with Gasteiger partial charge in [0.05, 0.1) is 0 Å². The van der Waals surface area contributed by atoms with Gasteiger partial charge in [-0.2, -0.15) is 0 Å². The highest BCUT2D eigenvalue weighted by Crippen LogP contribution is 2.00.